The molecule has 1 aliphatic carbocycles. The Kier molecular flexibility index (Phi) is 2.51. The molecule has 0 unspecified atom stereocenters. The number of carbonyl (C=O) groups is 1. The molecule has 1 saturated carbocycles. The van der Waals surface area contributed by atoms with Gasteiger partial charge in [0.05, 0.1) is 0 Å². The molecule has 1 amide bonds. The summed E-state index contributed by atoms with van der Waals surface area (Å²) in [6.45, 7) is 0. The Morgan fingerprint density at radius 2 is 2.33 bits per heavy atom. The molecule has 3 atom stereocenters. The molecule has 1 aliphatic heterocycles. The SMILES string of the molecule is CN1C(=O)[C@](O)(C#Cc2cccc(Br)c2)[C@H]2C[C@H]21. The lowest BCUT2D eigenvalue weighted by atomic mass is 9.99. The van der Waals surface area contributed by atoms with Crippen LogP contribution in [0.25, 0.3) is 0 Å². The first kappa shape index (κ1) is 11.8. The van der Waals surface area contributed by atoms with Crippen molar-refractivity contribution in [1.29, 1.82) is 0 Å². The van der Waals surface area contributed by atoms with Gasteiger partial charge in [-0.2, -0.15) is 0 Å². The Bertz CT molecular complexity index is 589. The topological polar surface area (TPSA) is 40.5 Å². The van der Waals surface area contributed by atoms with Crippen LogP contribution in [0.2, 0.25) is 0 Å². The zero-order valence-electron chi connectivity index (χ0n) is 9.85. The van der Waals surface area contributed by atoms with E-state index in [1.807, 2.05) is 24.3 Å². The fraction of sp³-hybridized carbons (Fsp3) is 0.357. The molecule has 3 nitrogen and oxygen atoms in total. The first-order valence-electron chi connectivity index (χ1n) is 5.81. The van der Waals surface area contributed by atoms with Gasteiger partial charge >= 0.3 is 0 Å². The van der Waals surface area contributed by atoms with Crippen LogP contribution in [0.3, 0.4) is 0 Å². The van der Waals surface area contributed by atoms with Gasteiger partial charge in [0.2, 0.25) is 5.60 Å². The van der Waals surface area contributed by atoms with Crippen molar-refractivity contribution in [3.63, 3.8) is 0 Å². The van der Waals surface area contributed by atoms with Crippen molar-refractivity contribution in [2.45, 2.75) is 18.1 Å². The normalized spacial score (nSPS) is 32.8. The number of benzene rings is 1. The fourth-order valence-electron chi connectivity index (χ4n) is 2.52. The van der Waals surface area contributed by atoms with E-state index in [9.17, 15) is 9.90 Å². The van der Waals surface area contributed by atoms with Crippen molar-refractivity contribution in [2.75, 3.05) is 7.05 Å². The summed E-state index contributed by atoms with van der Waals surface area (Å²) >= 11 is 3.37. The van der Waals surface area contributed by atoms with Crippen molar-refractivity contribution in [3.8, 4) is 11.8 Å². The Morgan fingerprint density at radius 1 is 1.56 bits per heavy atom. The number of amides is 1. The second kappa shape index (κ2) is 3.84. The predicted molar refractivity (Wildman–Crippen MR) is 70.6 cm³/mol. The zero-order chi connectivity index (χ0) is 12.9. The van der Waals surface area contributed by atoms with Crippen molar-refractivity contribution >= 4 is 21.8 Å². The van der Waals surface area contributed by atoms with E-state index in [1.165, 1.54) is 0 Å². The average molecular weight is 306 g/mol. The molecule has 1 aromatic rings. The molecule has 2 fully saturated rings. The number of piperidine rings is 1. The molecule has 1 saturated heterocycles. The number of halogens is 1. The van der Waals surface area contributed by atoms with Crippen LogP contribution in [0.5, 0.6) is 0 Å². The highest BCUT2D eigenvalue weighted by molar-refractivity contribution is 9.10. The second-order valence-corrected chi connectivity index (χ2v) is 5.77. The Hall–Kier alpha value is -1.31. The molecule has 4 heteroatoms. The summed E-state index contributed by atoms with van der Waals surface area (Å²) in [5.74, 6) is 5.37. The van der Waals surface area contributed by atoms with E-state index in [0.29, 0.717) is 0 Å². The van der Waals surface area contributed by atoms with E-state index < -0.39 is 5.60 Å². The van der Waals surface area contributed by atoms with Gasteiger partial charge in [-0.25, -0.2) is 0 Å². The van der Waals surface area contributed by atoms with E-state index in [-0.39, 0.29) is 17.9 Å². The standard InChI is InChI=1S/C14H12BrNO2/c1-16-12-8-11(12)14(18,13(16)17)6-5-9-3-2-4-10(15)7-9/h2-4,7,11-12,18H,8H2,1H3/t11-,12+,14-/m0/s1. The van der Waals surface area contributed by atoms with Gasteiger partial charge in [-0.05, 0) is 24.6 Å². The van der Waals surface area contributed by atoms with E-state index in [0.717, 1.165) is 16.5 Å². The molecule has 1 N–H and O–H groups in total. The second-order valence-electron chi connectivity index (χ2n) is 4.85. The van der Waals surface area contributed by atoms with Gasteiger partial charge < -0.3 is 10.0 Å². The van der Waals surface area contributed by atoms with Crippen LogP contribution in [0, 0.1) is 17.8 Å². The van der Waals surface area contributed by atoms with Gasteiger partial charge in [0.15, 0.2) is 0 Å². The number of likely N-dealkylation sites (tertiary alicyclic amines) is 1. The number of aliphatic hydroxyl groups is 1. The lowest BCUT2D eigenvalue weighted by Gasteiger charge is -2.18. The third-order valence-corrected chi connectivity index (χ3v) is 4.15. The Labute approximate surface area is 114 Å². The summed E-state index contributed by atoms with van der Waals surface area (Å²) in [4.78, 5) is 13.5. The van der Waals surface area contributed by atoms with Crippen LogP contribution < -0.4 is 0 Å². The molecule has 92 valence electrons. The first-order chi connectivity index (χ1) is 8.52. The largest absolute Gasteiger partial charge is 0.369 e. The van der Waals surface area contributed by atoms with Crippen LogP contribution in [-0.2, 0) is 4.79 Å². The van der Waals surface area contributed by atoms with Crippen LogP contribution in [0.4, 0.5) is 0 Å². The molecule has 0 radical (unpaired) electrons. The fourth-order valence-corrected chi connectivity index (χ4v) is 2.92. The van der Waals surface area contributed by atoms with Gasteiger partial charge in [-0.3, -0.25) is 4.79 Å². The van der Waals surface area contributed by atoms with Crippen molar-refractivity contribution < 1.29 is 9.90 Å². The summed E-state index contributed by atoms with van der Waals surface area (Å²) in [5, 5.41) is 10.4. The summed E-state index contributed by atoms with van der Waals surface area (Å²) in [5.41, 5.74) is -0.695. The molecule has 18 heavy (non-hydrogen) atoms. The lowest BCUT2D eigenvalue weighted by molar-refractivity contribution is -0.140. The van der Waals surface area contributed by atoms with E-state index >= 15 is 0 Å². The van der Waals surface area contributed by atoms with Gasteiger partial charge in [0.25, 0.3) is 5.91 Å². The third-order valence-electron chi connectivity index (χ3n) is 3.66. The highest BCUT2D eigenvalue weighted by atomic mass is 79.9. The number of carbonyl (C=O) groups excluding carboxylic acids is 1. The highest BCUT2D eigenvalue weighted by Crippen LogP contribution is 2.50. The molecule has 0 aromatic heterocycles. The Balaban J connectivity index is 1.92. The quantitative estimate of drug-likeness (QED) is 0.736. The maximum atomic E-state index is 11.9. The molecule has 0 spiro atoms. The number of nitrogens with zero attached hydrogens (tertiary/aromatic N) is 1. The third kappa shape index (κ3) is 1.66. The van der Waals surface area contributed by atoms with Crippen LogP contribution >= 0.6 is 15.9 Å². The summed E-state index contributed by atoms with van der Waals surface area (Å²) in [7, 11) is 1.73. The van der Waals surface area contributed by atoms with Gasteiger partial charge in [-0.15, -0.1) is 0 Å². The van der Waals surface area contributed by atoms with Gasteiger partial charge in [0, 0.05) is 29.0 Å². The summed E-state index contributed by atoms with van der Waals surface area (Å²) in [6.07, 6.45) is 0.853. The van der Waals surface area contributed by atoms with E-state index in [1.54, 1.807) is 11.9 Å². The minimum Gasteiger partial charge on any atom is -0.369 e. The van der Waals surface area contributed by atoms with Crippen LogP contribution in [0.1, 0.15) is 12.0 Å². The molecule has 1 heterocycles. The predicted octanol–water partition coefficient (Wildman–Crippen LogP) is 1.39. The molecule has 3 rings (SSSR count). The highest BCUT2D eigenvalue weighted by Gasteiger charge is 2.65. The number of hydrogen-bond acceptors (Lipinski definition) is 2. The molecular formula is C14H12BrNO2. The van der Waals surface area contributed by atoms with Gasteiger partial charge in [-0.1, -0.05) is 33.8 Å². The number of rotatable bonds is 0. The lowest BCUT2D eigenvalue weighted by Crippen LogP contribution is -2.41. The molecular weight excluding hydrogens is 294 g/mol. The minimum absolute atomic E-state index is 0.0188. The van der Waals surface area contributed by atoms with Crippen molar-refractivity contribution in [3.05, 3.63) is 34.3 Å². The van der Waals surface area contributed by atoms with E-state index in [4.69, 9.17) is 0 Å². The molecule has 0 bridgehead atoms. The monoisotopic (exact) mass is 305 g/mol. The minimum atomic E-state index is -1.48. The van der Waals surface area contributed by atoms with Crippen molar-refractivity contribution in [2.24, 2.45) is 5.92 Å². The van der Waals surface area contributed by atoms with Crippen LogP contribution in [-0.4, -0.2) is 34.6 Å². The molecule has 1 aromatic carbocycles. The number of likely N-dealkylation sites (N-methyl/N-ethyl adjacent to an activating group) is 1. The molecule has 2 aliphatic rings. The zero-order valence-corrected chi connectivity index (χ0v) is 11.4. The van der Waals surface area contributed by atoms with E-state index in [2.05, 4.69) is 27.8 Å². The number of fused-ring (bicyclic) bond motifs is 1. The maximum Gasteiger partial charge on any atom is 0.267 e. The first-order valence-corrected chi connectivity index (χ1v) is 6.60. The maximum absolute atomic E-state index is 11.9. The smallest absolute Gasteiger partial charge is 0.267 e. The van der Waals surface area contributed by atoms with Crippen LogP contribution in [0.15, 0.2) is 28.7 Å². The Morgan fingerprint density at radius 3 is 2.94 bits per heavy atom. The average Bonchev–Trinajstić information content (AvgIpc) is 3.11. The number of hydrogen-bond donors (Lipinski definition) is 1. The summed E-state index contributed by atoms with van der Waals surface area (Å²) < 4.78 is 0.931. The van der Waals surface area contributed by atoms with Gasteiger partial charge in [0.1, 0.15) is 0 Å². The summed E-state index contributed by atoms with van der Waals surface area (Å²) in [6, 6.07) is 7.68. The van der Waals surface area contributed by atoms with Crippen molar-refractivity contribution in [1.82, 2.24) is 4.90 Å².